The lowest BCUT2D eigenvalue weighted by atomic mass is 10.1. The molecule has 0 radical (unpaired) electrons. The molecule has 7 heteroatoms. The molecule has 0 spiro atoms. The average Bonchev–Trinajstić information content (AvgIpc) is 3.00. The van der Waals surface area contributed by atoms with Crippen molar-refractivity contribution in [2.75, 3.05) is 0 Å². The zero-order chi connectivity index (χ0) is 15.4. The Kier molecular flexibility index (Phi) is 2.85. The van der Waals surface area contributed by atoms with Gasteiger partial charge in [-0.3, -0.25) is 13.9 Å². The molecule has 0 fully saturated rings. The van der Waals surface area contributed by atoms with E-state index in [1.807, 2.05) is 32.3 Å². The van der Waals surface area contributed by atoms with E-state index in [1.165, 1.54) is 21.8 Å². The van der Waals surface area contributed by atoms with Crippen LogP contribution in [0.2, 0.25) is 4.34 Å². The smallest absolute Gasteiger partial charge is 0.259 e. The van der Waals surface area contributed by atoms with Gasteiger partial charge in [-0.2, -0.15) is 5.10 Å². The molecule has 0 saturated heterocycles. The van der Waals surface area contributed by atoms with Gasteiger partial charge in [0.05, 0.1) is 11.2 Å². The molecule has 0 N–H and O–H groups in total. The predicted molar refractivity (Wildman–Crippen MR) is 88.8 cm³/mol. The normalized spacial score (nSPS) is 11.6. The van der Waals surface area contributed by atoms with Crippen LogP contribution in [0.3, 0.4) is 0 Å². The summed E-state index contributed by atoms with van der Waals surface area (Å²) in [6.07, 6.45) is 3.55. The number of aromatic nitrogens is 4. The molecular formula is C15H11ClN4OS. The molecular weight excluding hydrogens is 320 g/mol. The van der Waals surface area contributed by atoms with Gasteiger partial charge in [0, 0.05) is 36.5 Å². The minimum Gasteiger partial charge on any atom is -0.275 e. The van der Waals surface area contributed by atoms with Gasteiger partial charge in [-0.05, 0) is 24.6 Å². The van der Waals surface area contributed by atoms with Gasteiger partial charge in [-0.25, -0.2) is 4.98 Å². The molecule has 0 unspecified atom stereocenters. The first kappa shape index (κ1) is 13.5. The highest BCUT2D eigenvalue weighted by Crippen LogP contribution is 2.27. The van der Waals surface area contributed by atoms with Crippen molar-refractivity contribution < 1.29 is 0 Å². The number of benzene rings is 1. The number of hydrogen-bond acceptors (Lipinski definition) is 4. The summed E-state index contributed by atoms with van der Waals surface area (Å²) in [7, 11) is 1.89. The maximum atomic E-state index is 12.2. The Balaban J connectivity index is 1.99. The van der Waals surface area contributed by atoms with Crippen LogP contribution in [0.4, 0.5) is 0 Å². The van der Waals surface area contributed by atoms with Gasteiger partial charge in [0.1, 0.15) is 4.34 Å². The van der Waals surface area contributed by atoms with Crippen molar-refractivity contribution in [1.82, 2.24) is 19.2 Å². The first-order chi connectivity index (χ1) is 10.5. The SMILES string of the molecule is Cc1cc(-c2cc(=O)n3cc(Cl)sc3n2)cc2cn(C)nc12. The van der Waals surface area contributed by atoms with E-state index in [2.05, 4.69) is 10.1 Å². The Morgan fingerprint density at radius 2 is 2.05 bits per heavy atom. The van der Waals surface area contributed by atoms with Crippen molar-refractivity contribution in [3.05, 3.63) is 50.8 Å². The third kappa shape index (κ3) is 2.03. The fraction of sp³-hybridized carbons (Fsp3) is 0.133. The molecule has 0 saturated carbocycles. The topological polar surface area (TPSA) is 52.2 Å². The highest BCUT2D eigenvalue weighted by atomic mass is 35.5. The lowest BCUT2D eigenvalue weighted by Gasteiger charge is -2.03. The zero-order valence-corrected chi connectivity index (χ0v) is 13.4. The molecule has 0 aliphatic carbocycles. The van der Waals surface area contributed by atoms with E-state index in [1.54, 1.807) is 10.9 Å². The van der Waals surface area contributed by atoms with Gasteiger partial charge in [-0.15, -0.1) is 0 Å². The Bertz CT molecular complexity index is 1090. The van der Waals surface area contributed by atoms with Crippen molar-refractivity contribution in [2.45, 2.75) is 6.92 Å². The number of fused-ring (bicyclic) bond motifs is 2. The van der Waals surface area contributed by atoms with Crippen molar-refractivity contribution in [3.63, 3.8) is 0 Å². The van der Waals surface area contributed by atoms with E-state index < -0.39 is 0 Å². The van der Waals surface area contributed by atoms with Crippen LogP contribution >= 0.6 is 22.9 Å². The third-order valence-corrected chi connectivity index (χ3v) is 4.65. The maximum Gasteiger partial charge on any atom is 0.259 e. The van der Waals surface area contributed by atoms with E-state index in [-0.39, 0.29) is 5.56 Å². The lowest BCUT2D eigenvalue weighted by Crippen LogP contribution is -2.11. The van der Waals surface area contributed by atoms with Crippen LogP contribution in [-0.4, -0.2) is 19.2 Å². The number of halogens is 1. The molecule has 0 atom stereocenters. The summed E-state index contributed by atoms with van der Waals surface area (Å²) in [5.41, 5.74) is 3.44. The van der Waals surface area contributed by atoms with E-state index in [4.69, 9.17) is 11.6 Å². The summed E-state index contributed by atoms with van der Waals surface area (Å²) in [5.74, 6) is 0. The van der Waals surface area contributed by atoms with Crippen LogP contribution in [0.25, 0.3) is 27.1 Å². The van der Waals surface area contributed by atoms with Crippen molar-refractivity contribution >= 4 is 38.8 Å². The fourth-order valence-electron chi connectivity index (χ4n) is 2.60. The van der Waals surface area contributed by atoms with Crippen LogP contribution < -0.4 is 5.56 Å². The molecule has 3 heterocycles. The van der Waals surface area contributed by atoms with E-state index >= 15 is 0 Å². The first-order valence-electron chi connectivity index (χ1n) is 6.64. The van der Waals surface area contributed by atoms with Gasteiger partial charge >= 0.3 is 0 Å². The lowest BCUT2D eigenvalue weighted by molar-refractivity contribution is 0.779. The highest BCUT2D eigenvalue weighted by Gasteiger charge is 2.11. The Labute approximate surface area is 134 Å². The predicted octanol–water partition coefficient (Wildman–Crippen LogP) is 3.27. The summed E-state index contributed by atoms with van der Waals surface area (Å²) in [4.78, 5) is 17.3. The molecule has 3 aromatic heterocycles. The summed E-state index contributed by atoms with van der Waals surface area (Å²) in [5, 5.41) is 5.46. The Morgan fingerprint density at radius 1 is 1.23 bits per heavy atom. The summed E-state index contributed by atoms with van der Waals surface area (Å²) >= 11 is 7.26. The molecule has 0 bridgehead atoms. The molecule has 110 valence electrons. The highest BCUT2D eigenvalue weighted by molar-refractivity contribution is 7.20. The number of thiazole rings is 1. The molecule has 4 rings (SSSR count). The molecule has 1 aromatic carbocycles. The van der Waals surface area contributed by atoms with Crippen LogP contribution in [0.1, 0.15) is 5.56 Å². The second-order valence-corrected chi connectivity index (χ2v) is 6.84. The Hall–Kier alpha value is -2.18. The molecule has 0 aliphatic heterocycles. The van der Waals surface area contributed by atoms with Crippen molar-refractivity contribution in [1.29, 1.82) is 0 Å². The largest absolute Gasteiger partial charge is 0.275 e. The summed E-state index contributed by atoms with van der Waals surface area (Å²) in [6.45, 7) is 2.01. The van der Waals surface area contributed by atoms with Crippen LogP contribution in [-0.2, 0) is 7.05 Å². The molecule has 22 heavy (non-hydrogen) atoms. The summed E-state index contributed by atoms with van der Waals surface area (Å²) in [6, 6.07) is 5.54. The van der Waals surface area contributed by atoms with E-state index in [0.29, 0.717) is 15.0 Å². The minimum absolute atomic E-state index is 0.132. The quantitative estimate of drug-likeness (QED) is 0.538. The maximum absolute atomic E-state index is 12.2. The second-order valence-electron chi connectivity index (χ2n) is 5.20. The summed E-state index contributed by atoms with van der Waals surface area (Å²) < 4.78 is 3.79. The van der Waals surface area contributed by atoms with Gasteiger partial charge < -0.3 is 0 Å². The van der Waals surface area contributed by atoms with E-state index in [9.17, 15) is 4.79 Å². The second kappa shape index (κ2) is 4.66. The van der Waals surface area contributed by atoms with E-state index in [0.717, 1.165) is 22.0 Å². The number of nitrogens with zero attached hydrogens (tertiary/aromatic N) is 4. The standard InChI is InChI=1S/C15H11ClN4OS/c1-8-3-9(4-10-6-19(2)18-14(8)10)11-5-13(21)20-7-12(16)22-15(20)17-11/h3-7H,1-2H3. The minimum atomic E-state index is -0.132. The van der Waals surface area contributed by atoms with Gasteiger partial charge in [0.15, 0.2) is 4.96 Å². The zero-order valence-electron chi connectivity index (χ0n) is 11.9. The van der Waals surface area contributed by atoms with Crippen molar-refractivity contribution in [3.8, 4) is 11.3 Å². The molecule has 4 aromatic rings. The average molecular weight is 331 g/mol. The third-order valence-electron chi connectivity index (χ3n) is 3.55. The van der Waals surface area contributed by atoms with Crippen molar-refractivity contribution in [2.24, 2.45) is 7.05 Å². The van der Waals surface area contributed by atoms with Gasteiger partial charge in [0.25, 0.3) is 5.56 Å². The number of hydrogen-bond donors (Lipinski definition) is 0. The van der Waals surface area contributed by atoms with Crippen LogP contribution in [0.5, 0.6) is 0 Å². The number of rotatable bonds is 1. The van der Waals surface area contributed by atoms with Gasteiger partial charge in [0.2, 0.25) is 0 Å². The monoisotopic (exact) mass is 330 g/mol. The first-order valence-corrected chi connectivity index (χ1v) is 7.84. The molecule has 5 nitrogen and oxygen atoms in total. The van der Waals surface area contributed by atoms with Crippen LogP contribution in [0, 0.1) is 6.92 Å². The van der Waals surface area contributed by atoms with Crippen LogP contribution in [0.15, 0.2) is 35.4 Å². The fourth-order valence-corrected chi connectivity index (χ4v) is 3.62. The number of aryl methyl sites for hydroxylation is 2. The Morgan fingerprint density at radius 3 is 2.86 bits per heavy atom. The molecule has 0 amide bonds. The molecule has 0 aliphatic rings. The van der Waals surface area contributed by atoms with Gasteiger partial charge in [-0.1, -0.05) is 22.9 Å².